The van der Waals surface area contributed by atoms with Crippen LogP contribution in [0.3, 0.4) is 0 Å². The molecule has 2 aromatic heterocycles. The lowest BCUT2D eigenvalue weighted by Gasteiger charge is -2.42. The van der Waals surface area contributed by atoms with Crippen molar-refractivity contribution in [3.63, 3.8) is 0 Å². The van der Waals surface area contributed by atoms with E-state index in [4.69, 9.17) is 4.98 Å². The van der Waals surface area contributed by atoms with Gasteiger partial charge in [-0.1, -0.05) is 36.4 Å². The SMILES string of the molecule is O=C([C@H]1CCCN1)N1CCC(c2ccccc2)(c2cn3ccccc3n2)CC1. The summed E-state index contributed by atoms with van der Waals surface area (Å²) in [5, 5.41) is 3.35. The van der Waals surface area contributed by atoms with Gasteiger partial charge in [0.15, 0.2) is 0 Å². The van der Waals surface area contributed by atoms with E-state index >= 15 is 0 Å². The molecule has 28 heavy (non-hydrogen) atoms. The molecule has 1 aromatic carbocycles. The minimum absolute atomic E-state index is 0.0134. The lowest BCUT2D eigenvalue weighted by Crippen LogP contribution is -2.50. The van der Waals surface area contributed by atoms with Gasteiger partial charge in [-0.25, -0.2) is 4.98 Å². The van der Waals surface area contributed by atoms with E-state index < -0.39 is 0 Å². The molecule has 0 spiro atoms. The predicted molar refractivity (Wildman–Crippen MR) is 109 cm³/mol. The van der Waals surface area contributed by atoms with Crippen molar-refractivity contribution in [1.82, 2.24) is 19.6 Å². The number of piperidine rings is 1. The van der Waals surface area contributed by atoms with Gasteiger partial charge in [-0.05, 0) is 49.9 Å². The van der Waals surface area contributed by atoms with Gasteiger partial charge in [0, 0.05) is 30.9 Å². The number of nitrogens with zero attached hydrogens (tertiary/aromatic N) is 3. The summed E-state index contributed by atoms with van der Waals surface area (Å²) in [4.78, 5) is 19.9. The molecule has 2 fully saturated rings. The molecule has 0 bridgehead atoms. The number of amides is 1. The van der Waals surface area contributed by atoms with Crippen molar-refractivity contribution in [3.8, 4) is 0 Å². The number of carbonyl (C=O) groups excluding carboxylic acids is 1. The van der Waals surface area contributed by atoms with Crippen LogP contribution in [0.25, 0.3) is 5.65 Å². The lowest BCUT2D eigenvalue weighted by molar-refractivity contribution is -0.134. The quantitative estimate of drug-likeness (QED) is 0.767. The van der Waals surface area contributed by atoms with Gasteiger partial charge in [-0.2, -0.15) is 0 Å². The van der Waals surface area contributed by atoms with Crippen LogP contribution in [0, 0.1) is 0 Å². The van der Waals surface area contributed by atoms with Crippen LogP contribution in [0.5, 0.6) is 0 Å². The number of nitrogens with one attached hydrogen (secondary N) is 1. The molecule has 4 heterocycles. The van der Waals surface area contributed by atoms with Crippen LogP contribution in [0.2, 0.25) is 0 Å². The van der Waals surface area contributed by atoms with Crippen molar-refractivity contribution in [2.45, 2.75) is 37.1 Å². The monoisotopic (exact) mass is 374 g/mol. The van der Waals surface area contributed by atoms with Crippen LogP contribution >= 0.6 is 0 Å². The number of hydrogen-bond donors (Lipinski definition) is 1. The van der Waals surface area contributed by atoms with Crippen molar-refractivity contribution in [3.05, 3.63) is 72.2 Å². The van der Waals surface area contributed by atoms with E-state index in [2.05, 4.69) is 57.3 Å². The number of benzene rings is 1. The van der Waals surface area contributed by atoms with E-state index in [1.165, 1.54) is 5.56 Å². The molecule has 5 rings (SSSR count). The Balaban J connectivity index is 1.48. The van der Waals surface area contributed by atoms with Gasteiger partial charge in [-0.15, -0.1) is 0 Å². The topological polar surface area (TPSA) is 49.6 Å². The molecule has 1 amide bonds. The van der Waals surface area contributed by atoms with Gasteiger partial charge >= 0.3 is 0 Å². The lowest BCUT2D eigenvalue weighted by atomic mass is 9.70. The molecule has 1 atom stereocenters. The normalized spacial score (nSPS) is 21.9. The number of hydrogen-bond acceptors (Lipinski definition) is 3. The minimum atomic E-state index is -0.146. The molecule has 0 radical (unpaired) electrons. The Kier molecular flexibility index (Phi) is 4.40. The summed E-state index contributed by atoms with van der Waals surface area (Å²) >= 11 is 0. The second-order valence-electron chi connectivity index (χ2n) is 8.01. The molecule has 3 aromatic rings. The number of fused-ring (bicyclic) bond motifs is 1. The van der Waals surface area contributed by atoms with Crippen LogP contribution in [0.4, 0.5) is 0 Å². The minimum Gasteiger partial charge on any atom is -0.341 e. The molecule has 1 N–H and O–H groups in total. The molecule has 0 aliphatic carbocycles. The first-order chi connectivity index (χ1) is 13.8. The largest absolute Gasteiger partial charge is 0.341 e. The van der Waals surface area contributed by atoms with Crippen LogP contribution in [0.15, 0.2) is 60.9 Å². The summed E-state index contributed by atoms with van der Waals surface area (Å²) in [6.45, 7) is 2.51. The van der Waals surface area contributed by atoms with Crippen LogP contribution < -0.4 is 5.32 Å². The maximum Gasteiger partial charge on any atom is 0.239 e. The highest BCUT2D eigenvalue weighted by atomic mass is 16.2. The van der Waals surface area contributed by atoms with Gasteiger partial charge in [-0.3, -0.25) is 4.79 Å². The van der Waals surface area contributed by atoms with Crippen molar-refractivity contribution < 1.29 is 4.79 Å². The first kappa shape index (κ1) is 17.4. The van der Waals surface area contributed by atoms with Gasteiger partial charge < -0.3 is 14.6 Å². The number of carbonyl (C=O) groups is 1. The second-order valence-corrected chi connectivity index (χ2v) is 8.01. The Hall–Kier alpha value is -2.66. The number of imidazole rings is 1. The maximum absolute atomic E-state index is 12.9. The molecular formula is C23H26N4O. The molecule has 2 saturated heterocycles. The smallest absolute Gasteiger partial charge is 0.239 e. The third-order valence-electron chi connectivity index (χ3n) is 6.47. The second kappa shape index (κ2) is 7.06. The molecule has 5 nitrogen and oxygen atoms in total. The third kappa shape index (κ3) is 2.90. The van der Waals surface area contributed by atoms with E-state index in [1.807, 2.05) is 18.2 Å². The van der Waals surface area contributed by atoms with Gasteiger partial charge in [0.05, 0.1) is 11.7 Å². The Morgan fingerprint density at radius 1 is 1.07 bits per heavy atom. The average Bonchev–Trinajstić information content (AvgIpc) is 3.44. The highest BCUT2D eigenvalue weighted by Gasteiger charge is 2.41. The summed E-state index contributed by atoms with van der Waals surface area (Å²) < 4.78 is 2.10. The van der Waals surface area contributed by atoms with E-state index in [9.17, 15) is 4.79 Å². The molecule has 2 aliphatic rings. The summed E-state index contributed by atoms with van der Waals surface area (Å²) in [5.74, 6) is 0.272. The number of likely N-dealkylation sites (tertiary alicyclic amines) is 1. The zero-order valence-electron chi connectivity index (χ0n) is 16.1. The van der Waals surface area contributed by atoms with Crippen molar-refractivity contribution in [1.29, 1.82) is 0 Å². The van der Waals surface area contributed by atoms with Crippen LogP contribution in [0.1, 0.15) is 36.9 Å². The van der Waals surface area contributed by atoms with E-state index in [-0.39, 0.29) is 17.4 Å². The van der Waals surface area contributed by atoms with Crippen molar-refractivity contribution in [2.75, 3.05) is 19.6 Å². The fourth-order valence-electron chi connectivity index (χ4n) is 4.84. The molecular weight excluding hydrogens is 348 g/mol. The molecule has 2 aliphatic heterocycles. The molecule has 0 unspecified atom stereocenters. The predicted octanol–water partition coefficient (Wildman–Crippen LogP) is 2.99. The standard InChI is InChI=1S/C23H26N4O/c28-22(19-9-6-13-24-19)26-15-11-23(12-16-26,18-7-2-1-3-8-18)20-17-27-14-5-4-10-21(27)25-20/h1-5,7-8,10,14,17,19,24H,6,9,11-13,15-16H2/t19-/m1/s1. The van der Waals surface area contributed by atoms with E-state index in [1.54, 1.807) is 0 Å². The Morgan fingerprint density at radius 2 is 1.86 bits per heavy atom. The highest BCUT2D eigenvalue weighted by molar-refractivity contribution is 5.82. The fraction of sp³-hybridized carbons (Fsp3) is 0.391. The summed E-state index contributed by atoms with van der Waals surface area (Å²) in [7, 11) is 0. The summed E-state index contributed by atoms with van der Waals surface area (Å²) in [6, 6.07) is 16.8. The van der Waals surface area contributed by atoms with Gasteiger partial charge in [0.25, 0.3) is 0 Å². The summed E-state index contributed by atoms with van der Waals surface area (Å²) in [6.07, 6.45) is 8.08. The maximum atomic E-state index is 12.9. The first-order valence-corrected chi connectivity index (χ1v) is 10.3. The van der Waals surface area contributed by atoms with Crippen molar-refractivity contribution >= 4 is 11.6 Å². The molecule has 0 saturated carbocycles. The number of aromatic nitrogens is 2. The number of rotatable bonds is 3. The molecule has 144 valence electrons. The van der Waals surface area contributed by atoms with Crippen molar-refractivity contribution in [2.24, 2.45) is 0 Å². The van der Waals surface area contributed by atoms with E-state index in [0.29, 0.717) is 0 Å². The first-order valence-electron chi connectivity index (χ1n) is 10.3. The average molecular weight is 374 g/mol. The van der Waals surface area contributed by atoms with Crippen LogP contribution in [-0.4, -0.2) is 45.9 Å². The zero-order chi connectivity index (χ0) is 19.0. The Bertz CT molecular complexity index is 933. The van der Waals surface area contributed by atoms with Gasteiger partial charge in [0.1, 0.15) is 5.65 Å². The zero-order valence-corrected chi connectivity index (χ0v) is 16.1. The van der Waals surface area contributed by atoms with E-state index in [0.717, 1.165) is 56.7 Å². The summed E-state index contributed by atoms with van der Waals surface area (Å²) in [5.41, 5.74) is 3.23. The third-order valence-corrected chi connectivity index (χ3v) is 6.47. The molecule has 5 heteroatoms. The van der Waals surface area contributed by atoms with Crippen LogP contribution in [-0.2, 0) is 10.2 Å². The Labute approximate surface area is 165 Å². The van der Waals surface area contributed by atoms with Gasteiger partial charge in [0.2, 0.25) is 5.91 Å². The highest BCUT2D eigenvalue weighted by Crippen LogP contribution is 2.41. The fourth-order valence-corrected chi connectivity index (χ4v) is 4.84. The Morgan fingerprint density at radius 3 is 2.57 bits per heavy atom. The number of pyridine rings is 1.